The number of hydrogen-bond acceptors (Lipinski definition) is 4. The van der Waals surface area contributed by atoms with Crippen LogP contribution in [0.5, 0.6) is 0 Å². The summed E-state index contributed by atoms with van der Waals surface area (Å²) in [6.45, 7) is 3.87. The Balaban J connectivity index is 1.51. The first-order chi connectivity index (χ1) is 14.7. The minimum absolute atomic E-state index is 0.0513. The number of hydrogen-bond donors (Lipinski definition) is 3. The highest BCUT2D eigenvalue weighted by atomic mass is 16.2. The summed E-state index contributed by atoms with van der Waals surface area (Å²) in [4.78, 5) is 21.8. The van der Waals surface area contributed by atoms with Crippen LogP contribution in [0.1, 0.15) is 36.8 Å². The highest BCUT2D eigenvalue weighted by Gasteiger charge is 2.24. The third-order valence-electron chi connectivity index (χ3n) is 6.40. The second-order valence-corrected chi connectivity index (χ2v) is 7.99. The minimum Gasteiger partial charge on any atom is -0.354 e. The molecule has 0 bridgehead atoms. The van der Waals surface area contributed by atoms with Crippen molar-refractivity contribution in [1.82, 2.24) is 25.1 Å². The highest BCUT2D eigenvalue weighted by Crippen LogP contribution is 2.36. The van der Waals surface area contributed by atoms with E-state index in [0.29, 0.717) is 5.92 Å². The van der Waals surface area contributed by atoms with Gasteiger partial charge in [0.25, 0.3) is 0 Å². The Morgan fingerprint density at radius 2 is 2.07 bits per heavy atom. The van der Waals surface area contributed by atoms with E-state index < -0.39 is 0 Å². The van der Waals surface area contributed by atoms with Crippen LogP contribution in [0.2, 0.25) is 0 Å². The molecule has 1 aliphatic heterocycles. The molecular weight excluding hydrogens is 376 g/mol. The molecular formula is C23H26N6O. The maximum Gasteiger partial charge on any atom is 0.236 e. The Morgan fingerprint density at radius 1 is 1.23 bits per heavy atom. The fraction of sp³-hybridized carbons (Fsp3) is 0.348. The largest absolute Gasteiger partial charge is 0.354 e. The van der Waals surface area contributed by atoms with Crippen LogP contribution < -0.4 is 5.73 Å². The van der Waals surface area contributed by atoms with Gasteiger partial charge < -0.3 is 15.6 Å². The maximum absolute atomic E-state index is 11.9. The van der Waals surface area contributed by atoms with Gasteiger partial charge in [-0.25, -0.2) is 4.98 Å². The molecule has 3 aromatic heterocycles. The van der Waals surface area contributed by atoms with Crippen molar-refractivity contribution >= 4 is 27.8 Å². The molecule has 0 spiro atoms. The molecule has 5 rings (SSSR count). The number of pyridine rings is 1. The third kappa shape index (κ3) is 3.06. The average Bonchev–Trinajstić information content (AvgIpc) is 3.42. The van der Waals surface area contributed by atoms with Crippen LogP contribution in [-0.2, 0) is 11.2 Å². The van der Waals surface area contributed by atoms with Crippen LogP contribution in [0.3, 0.4) is 0 Å². The lowest BCUT2D eigenvalue weighted by Crippen LogP contribution is -2.41. The van der Waals surface area contributed by atoms with Gasteiger partial charge in [-0.2, -0.15) is 5.10 Å². The van der Waals surface area contributed by atoms with Crippen molar-refractivity contribution in [1.29, 1.82) is 0 Å². The monoisotopic (exact) mass is 402 g/mol. The topological polar surface area (TPSA) is 104 Å². The van der Waals surface area contributed by atoms with Crippen LogP contribution in [0, 0.1) is 0 Å². The maximum atomic E-state index is 11.9. The smallest absolute Gasteiger partial charge is 0.236 e. The first-order valence-corrected chi connectivity index (χ1v) is 10.6. The van der Waals surface area contributed by atoms with Crippen LogP contribution in [0.25, 0.3) is 33.2 Å². The lowest BCUT2D eigenvalue weighted by atomic mass is 9.88. The number of nitrogens with zero attached hydrogens (tertiary/aromatic N) is 3. The highest BCUT2D eigenvalue weighted by molar-refractivity contribution is 5.98. The quantitative estimate of drug-likeness (QED) is 0.487. The number of carbonyl (C=O) groups is 1. The second-order valence-electron chi connectivity index (χ2n) is 7.99. The van der Waals surface area contributed by atoms with E-state index in [0.717, 1.165) is 60.2 Å². The summed E-state index contributed by atoms with van der Waals surface area (Å²) >= 11 is 0. The van der Waals surface area contributed by atoms with Gasteiger partial charge in [-0.1, -0.05) is 13.0 Å². The molecule has 4 N–H and O–H groups in total. The van der Waals surface area contributed by atoms with Crippen LogP contribution >= 0.6 is 0 Å². The standard InChI is InChI=1S/C23H26N6O/c1-2-16-18-11-15(14-6-9-29(10-7-14)21(30)12-24)3-4-20(18)27-22(16)17-5-8-25-23-19(17)13-26-28-23/h3-5,8,11,13-14,27H,2,6-7,9-10,12,24H2,1H3,(H,25,26,28). The number of aryl methyl sites for hydroxylation is 1. The minimum atomic E-state index is 0.0513. The molecule has 0 atom stereocenters. The normalized spacial score (nSPS) is 15.3. The van der Waals surface area contributed by atoms with Gasteiger partial charge in [0.15, 0.2) is 5.65 Å². The zero-order valence-electron chi connectivity index (χ0n) is 17.1. The molecule has 30 heavy (non-hydrogen) atoms. The van der Waals surface area contributed by atoms with Crippen molar-refractivity contribution in [3.8, 4) is 11.3 Å². The van der Waals surface area contributed by atoms with Gasteiger partial charge >= 0.3 is 0 Å². The van der Waals surface area contributed by atoms with E-state index >= 15 is 0 Å². The number of fused-ring (bicyclic) bond motifs is 2. The predicted octanol–water partition coefficient (Wildman–Crippen LogP) is 3.33. The lowest BCUT2D eigenvalue weighted by Gasteiger charge is -2.32. The fourth-order valence-corrected chi connectivity index (χ4v) is 4.78. The van der Waals surface area contributed by atoms with E-state index in [2.05, 4.69) is 45.3 Å². The molecule has 7 nitrogen and oxygen atoms in total. The van der Waals surface area contributed by atoms with Crippen LogP contribution in [0.4, 0.5) is 0 Å². The van der Waals surface area contributed by atoms with Gasteiger partial charge in [0.1, 0.15) is 0 Å². The molecule has 1 aliphatic rings. The molecule has 4 aromatic rings. The summed E-state index contributed by atoms with van der Waals surface area (Å²) in [5.41, 5.74) is 12.4. The molecule has 1 aromatic carbocycles. The number of nitrogens with one attached hydrogen (secondary N) is 2. The predicted molar refractivity (Wildman–Crippen MR) is 118 cm³/mol. The number of likely N-dealkylation sites (tertiary alicyclic amines) is 1. The SMILES string of the molecule is CCc1c(-c2ccnc3[nH]ncc23)[nH]c2ccc(C3CCN(C(=O)CN)CC3)cc12. The van der Waals surface area contributed by atoms with Crippen molar-refractivity contribution in [2.75, 3.05) is 19.6 Å². The number of rotatable bonds is 4. The summed E-state index contributed by atoms with van der Waals surface area (Å²) in [6.07, 6.45) is 6.56. The average molecular weight is 403 g/mol. The molecule has 1 saturated heterocycles. The Kier molecular flexibility index (Phi) is 4.75. The first kappa shape index (κ1) is 18.8. The van der Waals surface area contributed by atoms with E-state index in [-0.39, 0.29) is 12.5 Å². The number of aromatic nitrogens is 4. The molecule has 1 amide bonds. The lowest BCUT2D eigenvalue weighted by molar-refractivity contribution is -0.130. The summed E-state index contributed by atoms with van der Waals surface area (Å²) in [5, 5.41) is 9.42. The number of H-pyrrole nitrogens is 2. The Morgan fingerprint density at radius 3 is 2.83 bits per heavy atom. The zero-order chi connectivity index (χ0) is 20.7. The fourth-order valence-electron chi connectivity index (χ4n) is 4.78. The van der Waals surface area contributed by atoms with Gasteiger partial charge in [0.05, 0.1) is 18.4 Å². The molecule has 0 radical (unpaired) electrons. The van der Waals surface area contributed by atoms with Crippen LogP contribution in [-0.4, -0.2) is 50.6 Å². The van der Waals surface area contributed by atoms with Gasteiger partial charge in [-0.05, 0) is 54.5 Å². The van der Waals surface area contributed by atoms with Crippen molar-refractivity contribution in [3.05, 3.63) is 47.8 Å². The van der Waals surface area contributed by atoms with E-state index in [1.54, 1.807) is 0 Å². The van der Waals surface area contributed by atoms with Crippen LogP contribution in [0.15, 0.2) is 36.7 Å². The molecule has 154 valence electrons. The van der Waals surface area contributed by atoms with Crippen molar-refractivity contribution < 1.29 is 4.79 Å². The van der Waals surface area contributed by atoms with E-state index in [9.17, 15) is 4.79 Å². The molecule has 0 unspecified atom stereocenters. The Hall–Kier alpha value is -3.19. The van der Waals surface area contributed by atoms with Gasteiger partial charge in [0.2, 0.25) is 5.91 Å². The number of piperidine rings is 1. The molecule has 7 heteroatoms. The Labute approximate surface area is 174 Å². The first-order valence-electron chi connectivity index (χ1n) is 10.6. The van der Waals surface area contributed by atoms with Crippen molar-refractivity contribution in [2.45, 2.75) is 32.1 Å². The van der Waals surface area contributed by atoms with Crippen molar-refractivity contribution in [3.63, 3.8) is 0 Å². The third-order valence-corrected chi connectivity index (χ3v) is 6.40. The Bertz CT molecular complexity index is 1220. The van der Waals surface area contributed by atoms with E-state index in [1.807, 2.05) is 23.4 Å². The van der Waals surface area contributed by atoms with Gasteiger partial charge in [-0.15, -0.1) is 0 Å². The van der Waals surface area contributed by atoms with Gasteiger partial charge in [0, 0.05) is 41.1 Å². The second kappa shape index (κ2) is 7.57. The number of benzene rings is 1. The van der Waals surface area contributed by atoms with Crippen molar-refractivity contribution in [2.24, 2.45) is 5.73 Å². The number of amides is 1. The zero-order valence-corrected chi connectivity index (χ0v) is 17.1. The number of nitrogens with two attached hydrogens (primary N) is 1. The summed E-state index contributed by atoms with van der Waals surface area (Å²) in [7, 11) is 0. The molecule has 1 fully saturated rings. The van der Waals surface area contributed by atoms with Gasteiger partial charge in [-0.3, -0.25) is 9.89 Å². The van der Waals surface area contributed by atoms with E-state index in [1.165, 1.54) is 16.5 Å². The number of carbonyl (C=O) groups excluding carboxylic acids is 1. The number of aromatic amines is 2. The molecule has 0 aliphatic carbocycles. The molecule has 0 saturated carbocycles. The summed E-state index contributed by atoms with van der Waals surface area (Å²) in [5.74, 6) is 0.524. The summed E-state index contributed by atoms with van der Waals surface area (Å²) in [6, 6.07) is 8.81. The molecule has 4 heterocycles. The van der Waals surface area contributed by atoms with E-state index in [4.69, 9.17) is 5.73 Å². The summed E-state index contributed by atoms with van der Waals surface area (Å²) < 4.78 is 0.